The van der Waals surface area contributed by atoms with E-state index in [9.17, 15) is 0 Å². The third-order valence-electron chi connectivity index (χ3n) is 2.67. The minimum atomic E-state index is 0.366. The molecule has 0 aliphatic carbocycles. The first-order valence-electron chi connectivity index (χ1n) is 6.40. The highest BCUT2D eigenvalue weighted by Crippen LogP contribution is 2.18. The summed E-state index contributed by atoms with van der Waals surface area (Å²) in [5.74, 6) is 0.804. The molecule has 0 aliphatic heterocycles. The van der Waals surface area contributed by atoms with Crippen LogP contribution in [-0.4, -0.2) is 11.5 Å². The highest BCUT2D eigenvalue weighted by atomic mass is 35.5. The molecule has 0 saturated carbocycles. The molecule has 1 aromatic heterocycles. The molecule has 0 saturated heterocycles. The van der Waals surface area contributed by atoms with Crippen molar-refractivity contribution in [2.75, 3.05) is 11.9 Å². The predicted octanol–water partition coefficient (Wildman–Crippen LogP) is 4.54. The topological polar surface area (TPSA) is 34.1 Å². The van der Waals surface area contributed by atoms with Gasteiger partial charge in [-0.3, -0.25) is 0 Å². The molecule has 0 radical (unpaired) electrons. The summed E-state index contributed by atoms with van der Waals surface area (Å²) in [6.45, 7) is 3.68. The quantitative estimate of drug-likeness (QED) is 0.850. The molecule has 1 N–H and O–H groups in total. The van der Waals surface area contributed by atoms with Gasteiger partial charge in [-0.25, -0.2) is 4.98 Å². The van der Waals surface area contributed by atoms with Crippen LogP contribution >= 0.6 is 23.2 Å². The van der Waals surface area contributed by atoms with Gasteiger partial charge in [0, 0.05) is 11.6 Å². The van der Waals surface area contributed by atoms with E-state index in [1.807, 2.05) is 43.3 Å². The van der Waals surface area contributed by atoms with Gasteiger partial charge >= 0.3 is 0 Å². The van der Waals surface area contributed by atoms with Crippen LogP contribution in [0.5, 0.6) is 0 Å². The third kappa shape index (κ3) is 4.37. The van der Waals surface area contributed by atoms with Crippen molar-refractivity contribution in [2.45, 2.75) is 20.1 Å². The standard InChI is InChI=1S/C15H16Cl2N2O/c1-2-18-15-7-6-13(17)14(19-15)10-20-9-11-4-3-5-12(16)8-11/h3-8H,2,9-10H2,1H3,(H,18,19). The molecular formula is C15H16Cl2N2O. The molecule has 0 fully saturated rings. The van der Waals surface area contributed by atoms with Gasteiger partial charge < -0.3 is 10.1 Å². The fourth-order valence-electron chi connectivity index (χ4n) is 1.76. The predicted molar refractivity (Wildman–Crippen MR) is 83.4 cm³/mol. The van der Waals surface area contributed by atoms with E-state index in [1.54, 1.807) is 0 Å². The van der Waals surface area contributed by atoms with Crippen LogP contribution in [0, 0.1) is 0 Å². The summed E-state index contributed by atoms with van der Waals surface area (Å²) in [6.07, 6.45) is 0. The molecular weight excluding hydrogens is 295 g/mol. The molecule has 2 rings (SSSR count). The maximum Gasteiger partial charge on any atom is 0.126 e. The highest BCUT2D eigenvalue weighted by Gasteiger charge is 2.04. The van der Waals surface area contributed by atoms with Gasteiger partial charge in [0.15, 0.2) is 0 Å². The van der Waals surface area contributed by atoms with Gasteiger partial charge in [-0.05, 0) is 36.8 Å². The lowest BCUT2D eigenvalue weighted by molar-refractivity contribution is 0.105. The zero-order valence-corrected chi connectivity index (χ0v) is 12.7. The maximum absolute atomic E-state index is 6.11. The number of anilines is 1. The SMILES string of the molecule is CCNc1ccc(Cl)c(COCc2cccc(Cl)c2)n1. The molecule has 2 aromatic rings. The Morgan fingerprint density at radius 1 is 1.15 bits per heavy atom. The van der Waals surface area contributed by atoms with Crippen LogP contribution < -0.4 is 5.32 Å². The lowest BCUT2D eigenvalue weighted by atomic mass is 10.2. The number of pyridine rings is 1. The largest absolute Gasteiger partial charge is 0.370 e. The second kappa shape index (κ2) is 7.48. The van der Waals surface area contributed by atoms with Gasteiger partial charge in [0.25, 0.3) is 0 Å². The molecule has 0 bridgehead atoms. The Hall–Kier alpha value is -1.29. The Morgan fingerprint density at radius 3 is 2.75 bits per heavy atom. The summed E-state index contributed by atoms with van der Waals surface area (Å²) in [6, 6.07) is 11.3. The zero-order valence-electron chi connectivity index (χ0n) is 11.2. The van der Waals surface area contributed by atoms with Gasteiger partial charge in [0.1, 0.15) is 5.82 Å². The summed E-state index contributed by atoms with van der Waals surface area (Å²) in [4.78, 5) is 4.42. The van der Waals surface area contributed by atoms with E-state index in [2.05, 4.69) is 10.3 Å². The van der Waals surface area contributed by atoms with E-state index in [0.717, 1.165) is 23.6 Å². The first-order chi connectivity index (χ1) is 9.69. The van der Waals surface area contributed by atoms with Crippen LogP contribution in [0.2, 0.25) is 10.0 Å². The molecule has 0 unspecified atom stereocenters. The van der Waals surface area contributed by atoms with Crippen LogP contribution in [0.15, 0.2) is 36.4 Å². The Morgan fingerprint density at radius 2 is 2.00 bits per heavy atom. The van der Waals surface area contributed by atoms with Crippen molar-refractivity contribution in [1.82, 2.24) is 4.98 Å². The number of rotatable bonds is 6. The summed E-state index contributed by atoms with van der Waals surface area (Å²) in [5, 5.41) is 4.46. The van der Waals surface area contributed by atoms with E-state index in [4.69, 9.17) is 27.9 Å². The fraction of sp³-hybridized carbons (Fsp3) is 0.267. The summed E-state index contributed by atoms with van der Waals surface area (Å²) < 4.78 is 5.64. The van der Waals surface area contributed by atoms with Crippen molar-refractivity contribution in [2.24, 2.45) is 0 Å². The van der Waals surface area contributed by atoms with E-state index in [1.165, 1.54) is 0 Å². The molecule has 3 nitrogen and oxygen atoms in total. The number of hydrogen-bond donors (Lipinski definition) is 1. The van der Waals surface area contributed by atoms with Crippen molar-refractivity contribution >= 4 is 29.0 Å². The molecule has 5 heteroatoms. The summed E-state index contributed by atoms with van der Waals surface area (Å²) in [7, 11) is 0. The molecule has 106 valence electrons. The first-order valence-corrected chi connectivity index (χ1v) is 7.16. The Bertz CT molecular complexity index is 576. The smallest absolute Gasteiger partial charge is 0.126 e. The van der Waals surface area contributed by atoms with Crippen LogP contribution in [0.4, 0.5) is 5.82 Å². The van der Waals surface area contributed by atoms with E-state index >= 15 is 0 Å². The summed E-state index contributed by atoms with van der Waals surface area (Å²) in [5.41, 5.74) is 1.75. The maximum atomic E-state index is 6.11. The van der Waals surface area contributed by atoms with E-state index < -0.39 is 0 Å². The molecule has 0 amide bonds. The van der Waals surface area contributed by atoms with E-state index in [-0.39, 0.29) is 0 Å². The third-order valence-corrected chi connectivity index (χ3v) is 3.25. The van der Waals surface area contributed by atoms with Crippen LogP contribution in [0.25, 0.3) is 0 Å². The van der Waals surface area contributed by atoms with Crippen molar-refractivity contribution in [1.29, 1.82) is 0 Å². The Kier molecular flexibility index (Phi) is 5.65. The Balaban J connectivity index is 1.95. The van der Waals surface area contributed by atoms with Crippen molar-refractivity contribution in [3.8, 4) is 0 Å². The fourth-order valence-corrected chi connectivity index (χ4v) is 2.13. The van der Waals surface area contributed by atoms with Gasteiger partial charge in [0.2, 0.25) is 0 Å². The number of nitrogens with zero attached hydrogens (tertiary/aromatic N) is 1. The van der Waals surface area contributed by atoms with Crippen LogP contribution in [0.1, 0.15) is 18.2 Å². The normalized spacial score (nSPS) is 10.6. The van der Waals surface area contributed by atoms with Crippen molar-refractivity contribution in [3.63, 3.8) is 0 Å². The molecule has 0 atom stereocenters. The minimum Gasteiger partial charge on any atom is -0.370 e. The van der Waals surface area contributed by atoms with Gasteiger partial charge in [0.05, 0.1) is 23.9 Å². The minimum absolute atomic E-state index is 0.366. The number of benzene rings is 1. The average molecular weight is 311 g/mol. The summed E-state index contributed by atoms with van der Waals surface area (Å²) >= 11 is 12.0. The second-order valence-electron chi connectivity index (χ2n) is 4.28. The molecule has 1 heterocycles. The van der Waals surface area contributed by atoms with Crippen molar-refractivity contribution in [3.05, 3.63) is 57.7 Å². The number of hydrogen-bond acceptors (Lipinski definition) is 3. The monoisotopic (exact) mass is 310 g/mol. The molecule has 20 heavy (non-hydrogen) atoms. The van der Waals surface area contributed by atoms with Gasteiger partial charge in [-0.1, -0.05) is 35.3 Å². The number of aromatic nitrogens is 1. The lowest BCUT2D eigenvalue weighted by Gasteiger charge is -2.09. The molecule has 0 spiro atoms. The molecule has 0 aliphatic rings. The average Bonchev–Trinajstić information content (AvgIpc) is 2.43. The molecule has 1 aromatic carbocycles. The number of ether oxygens (including phenoxy) is 1. The Labute approximate surface area is 128 Å². The number of nitrogens with one attached hydrogen (secondary N) is 1. The van der Waals surface area contributed by atoms with Crippen LogP contribution in [0.3, 0.4) is 0 Å². The lowest BCUT2D eigenvalue weighted by Crippen LogP contribution is -2.03. The van der Waals surface area contributed by atoms with Gasteiger partial charge in [-0.2, -0.15) is 0 Å². The van der Waals surface area contributed by atoms with Crippen molar-refractivity contribution < 1.29 is 4.74 Å². The first kappa shape index (κ1) is 15.1. The zero-order chi connectivity index (χ0) is 14.4. The highest BCUT2D eigenvalue weighted by molar-refractivity contribution is 6.31. The van der Waals surface area contributed by atoms with Crippen LogP contribution in [-0.2, 0) is 18.0 Å². The number of halogens is 2. The van der Waals surface area contributed by atoms with Gasteiger partial charge in [-0.15, -0.1) is 0 Å². The second-order valence-corrected chi connectivity index (χ2v) is 5.12. The van der Waals surface area contributed by atoms with E-state index in [0.29, 0.717) is 23.3 Å².